The lowest BCUT2D eigenvalue weighted by Crippen LogP contribution is -2.25. The predicted octanol–water partition coefficient (Wildman–Crippen LogP) is 0.817. The highest BCUT2D eigenvalue weighted by Gasteiger charge is 2.28. The first-order valence-corrected chi connectivity index (χ1v) is 6.59. The highest BCUT2D eigenvalue weighted by molar-refractivity contribution is 7.93. The van der Waals surface area contributed by atoms with E-state index < -0.39 is 10.0 Å². The van der Waals surface area contributed by atoms with Crippen LogP contribution in [0, 0.1) is 0 Å². The van der Waals surface area contributed by atoms with Crippen LogP contribution >= 0.6 is 0 Å². The molecule has 1 aliphatic heterocycles. The Bertz CT molecular complexity index is 499. The molecule has 1 aromatic rings. The Morgan fingerprint density at radius 1 is 1.44 bits per heavy atom. The van der Waals surface area contributed by atoms with Gasteiger partial charge in [-0.15, -0.1) is 0 Å². The number of ether oxygens (including phenoxy) is 1. The number of nitrogens with zero attached hydrogens (tertiary/aromatic N) is 1. The summed E-state index contributed by atoms with van der Waals surface area (Å²) < 4.78 is 29.9. The molecule has 0 aromatic heterocycles. The number of hydrogen-bond donors (Lipinski definition) is 1. The van der Waals surface area contributed by atoms with E-state index in [1.807, 2.05) is 0 Å². The van der Waals surface area contributed by atoms with Crippen LogP contribution < -0.4 is 14.8 Å². The number of benzene rings is 1. The summed E-state index contributed by atoms with van der Waals surface area (Å²) in [6.07, 6.45) is 0.662. The van der Waals surface area contributed by atoms with Crippen LogP contribution in [0.1, 0.15) is 6.42 Å². The van der Waals surface area contributed by atoms with Crippen LogP contribution in [-0.4, -0.2) is 27.8 Å². The second-order valence-electron chi connectivity index (χ2n) is 3.67. The maximum absolute atomic E-state index is 11.7. The number of nitrogens with two attached hydrogens (primary N) is 1. The first-order chi connectivity index (χ1) is 7.54. The molecule has 0 atom stereocenters. The average Bonchev–Trinajstić information content (AvgIpc) is 2.59. The predicted molar refractivity (Wildman–Crippen MR) is 63.2 cm³/mol. The van der Waals surface area contributed by atoms with Crippen molar-refractivity contribution in [1.82, 2.24) is 0 Å². The number of methoxy groups -OCH3 is 1. The second-order valence-corrected chi connectivity index (χ2v) is 5.68. The Morgan fingerprint density at radius 3 is 2.75 bits per heavy atom. The van der Waals surface area contributed by atoms with Gasteiger partial charge in [-0.3, -0.25) is 4.31 Å². The molecule has 0 saturated carbocycles. The average molecular weight is 242 g/mol. The van der Waals surface area contributed by atoms with E-state index in [0.29, 0.717) is 30.1 Å². The fraction of sp³-hybridized carbons (Fsp3) is 0.400. The number of sulfonamides is 1. The molecule has 0 unspecified atom stereocenters. The molecule has 1 fully saturated rings. The summed E-state index contributed by atoms with van der Waals surface area (Å²) >= 11 is 0. The van der Waals surface area contributed by atoms with E-state index >= 15 is 0 Å². The molecule has 1 saturated heterocycles. The van der Waals surface area contributed by atoms with Crippen molar-refractivity contribution >= 4 is 21.4 Å². The third kappa shape index (κ3) is 1.80. The largest absolute Gasteiger partial charge is 0.495 e. The Labute approximate surface area is 94.9 Å². The molecule has 0 spiro atoms. The monoisotopic (exact) mass is 242 g/mol. The van der Waals surface area contributed by atoms with Crippen LogP contribution in [0.3, 0.4) is 0 Å². The molecule has 16 heavy (non-hydrogen) atoms. The molecule has 2 N–H and O–H groups in total. The highest BCUT2D eigenvalue weighted by Crippen LogP contribution is 2.30. The summed E-state index contributed by atoms with van der Waals surface area (Å²) in [5, 5.41) is 0. The molecule has 0 bridgehead atoms. The Morgan fingerprint density at radius 2 is 2.19 bits per heavy atom. The number of rotatable bonds is 2. The van der Waals surface area contributed by atoms with Gasteiger partial charge in [0.25, 0.3) is 0 Å². The van der Waals surface area contributed by atoms with Crippen molar-refractivity contribution in [2.24, 2.45) is 0 Å². The van der Waals surface area contributed by atoms with Gasteiger partial charge >= 0.3 is 0 Å². The van der Waals surface area contributed by atoms with Gasteiger partial charge in [0.05, 0.1) is 24.2 Å². The number of nitrogen functional groups attached to an aromatic ring is 1. The van der Waals surface area contributed by atoms with E-state index in [-0.39, 0.29) is 5.75 Å². The van der Waals surface area contributed by atoms with Crippen molar-refractivity contribution < 1.29 is 13.2 Å². The van der Waals surface area contributed by atoms with Gasteiger partial charge in [0.1, 0.15) is 5.75 Å². The quantitative estimate of drug-likeness (QED) is 0.779. The minimum absolute atomic E-state index is 0.208. The Kier molecular flexibility index (Phi) is 2.67. The molecular formula is C10H14N2O3S. The molecular weight excluding hydrogens is 228 g/mol. The van der Waals surface area contributed by atoms with E-state index in [1.54, 1.807) is 18.2 Å². The van der Waals surface area contributed by atoms with Crippen LogP contribution in [0.15, 0.2) is 18.2 Å². The van der Waals surface area contributed by atoms with Gasteiger partial charge in [0, 0.05) is 12.6 Å². The minimum Gasteiger partial charge on any atom is -0.495 e. The first kappa shape index (κ1) is 11.1. The molecule has 5 nitrogen and oxygen atoms in total. The Balaban J connectivity index is 2.41. The highest BCUT2D eigenvalue weighted by atomic mass is 32.2. The van der Waals surface area contributed by atoms with Crippen LogP contribution in [0.5, 0.6) is 5.75 Å². The lowest BCUT2D eigenvalue weighted by Gasteiger charge is -2.18. The van der Waals surface area contributed by atoms with Gasteiger partial charge < -0.3 is 10.5 Å². The second kappa shape index (κ2) is 3.86. The van der Waals surface area contributed by atoms with Crippen LogP contribution in [0.25, 0.3) is 0 Å². The summed E-state index contributed by atoms with van der Waals surface area (Å²) in [5.74, 6) is 0.708. The minimum atomic E-state index is -3.14. The van der Waals surface area contributed by atoms with E-state index in [2.05, 4.69) is 0 Å². The molecule has 0 radical (unpaired) electrons. The third-order valence-electron chi connectivity index (χ3n) is 2.60. The van der Waals surface area contributed by atoms with E-state index in [4.69, 9.17) is 10.5 Å². The van der Waals surface area contributed by atoms with Crippen molar-refractivity contribution in [2.75, 3.05) is 29.4 Å². The summed E-state index contributed by atoms with van der Waals surface area (Å²) in [6.45, 7) is 0.523. The fourth-order valence-corrected chi connectivity index (χ4v) is 3.34. The van der Waals surface area contributed by atoms with Crippen molar-refractivity contribution in [2.45, 2.75) is 6.42 Å². The topological polar surface area (TPSA) is 72.6 Å². The molecule has 0 amide bonds. The summed E-state index contributed by atoms with van der Waals surface area (Å²) in [7, 11) is -1.63. The maximum Gasteiger partial charge on any atom is 0.235 e. The van der Waals surface area contributed by atoms with Gasteiger partial charge in [-0.25, -0.2) is 8.42 Å². The zero-order valence-corrected chi connectivity index (χ0v) is 9.83. The molecule has 88 valence electrons. The van der Waals surface area contributed by atoms with Gasteiger partial charge in [-0.05, 0) is 18.6 Å². The SMILES string of the molecule is COc1cc(N2CCCS2(=O)=O)ccc1N. The van der Waals surface area contributed by atoms with Gasteiger partial charge in [0.2, 0.25) is 10.0 Å². The van der Waals surface area contributed by atoms with Crippen molar-refractivity contribution in [3.8, 4) is 5.75 Å². The molecule has 1 aromatic carbocycles. The molecule has 6 heteroatoms. The zero-order valence-electron chi connectivity index (χ0n) is 9.01. The van der Waals surface area contributed by atoms with E-state index in [0.717, 1.165) is 0 Å². The lowest BCUT2D eigenvalue weighted by molar-refractivity contribution is 0.417. The van der Waals surface area contributed by atoms with Gasteiger partial charge in [0.15, 0.2) is 0 Å². The Hall–Kier alpha value is -1.43. The van der Waals surface area contributed by atoms with Gasteiger partial charge in [-0.2, -0.15) is 0 Å². The molecule has 1 aliphatic rings. The summed E-state index contributed by atoms with van der Waals surface area (Å²) in [6, 6.07) is 5.00. The van der Waals surface area contributed by atoms with Crippen LogP contribution in [-0.2, 0) is 10.0 Å². The number of hydrogen-bond acceptors (Lipinski definition) is 4. The lowest BCUT2D eigenvalue weighted by atomic mass is 10.2. The smallest absolute Gasteiger partial charge is 0.235 e. The van der Waals surface area contributed by atoms with Gasteiger partial charge in [-0.1, -0.05) is 0 Å². The van der Waals surface area contributed by atoms with Crippen molar-refractivity contribution in [3.05, 3.63) is 18.2 Å². The normalized spacial score (nSPS) is 18.7. The zero-order chi connectivity index (χ0) is 11.8. The number of anilines is 2. The van der Waals surface area contributed by atoms with Crippen LogP contribution in [0.4, 0.5) is 11.4 Å². The molecule has 0 aliphatic carbocycles. The summed E-state index contributed by atoms with van der Waals surface area (Å²) in [4.78, 5) is 0. The summed E-state index contributed by atoms with van der Waals surface area (Å²) in [5.41, 5.74) is 6.79. The van der Waals surface area contributed by atoms with Crippen LogP contribution in [0.2, 0.25) is 0 Å². The van der Waals surface area contributed by atoms with Crippen molar-refractivity contribution in [3.63, 3.8) is 0 Å². The van der Waals surface area contributed by atoms with Crippen molar-refractivity contribution in [1.29, 1.82) is 0 Å². The molecule has 1 heterocycles. The fourth-order valence-electron chi connectivity index (χ4n) is 1.78. The first-order valence-electron chi connectivity index (χ1n) is 4.98. The molecule has 2 rings (SSSR count). The third-order valence-corrected chi connectivity index (χ3v) is 4.47. The van der Waals surface area contributed by atoms with E-state index in [9.17, 15) is 8.42 Å². The van der Waals surface area contributed by atoms with E-state index in [1.165, 1.54) is 11.4 Å². The standard InChI is InChI=1S/C10H14N2O3S/c1-15-10-7-8(3-4-9(10)11)12-5-2-6-16(12,13)14/h3-4,7H,2,5-6,11H2,1H3. The maximum atomic E-state index is 11.7.